The van der Waals surface area contributed by atoms with Crippen molar-refractivity contribution in [1.82, 2.24) is 9.97 Å². The van der Waals surface area contributed by atoms with Gasteiger partial charge in [0.15, 0.2) is 5.82 Å². The monoisotopic (exact) mass is 532 g/mol. The maximum absolute atomic E-state index is 5.29. The highest BCUT2D eigenvalue weighted by Crippen LogP contribution is 2.38. The van der Waals surface area contributed by atoms with Gasteiger partial charge in [-0.05, 0) is 45.1 Å². The predicted molar refractivity (Wildman–Crippen MR) is 173 cm³/mol. The average Bonchev–Trinajstić information content (AvgIpc) is 3.23. The van der Waals surface area contributed by atoms with Crippen LogP contribution in [-0.2, 0) is 0 Å². The van der Waals surface area contributed by atoms with Gasteiger partial charge in [-0.1, -0.05) is 147 Å². The quantitative estimate of drug-likeness (QED) is 0.204. The molecule has 0 aliphatic carbocycles. The molecule has 2 heterocycles. The minimum Gasteiger partial charge on any atom is -0.228 e. The molecule has 0 bridgehead atoms. The van der Waals surface area contributed by atoms with E-state index in [1.54, 1.807) is 0 Å². The van der Waals surface area contributed by atoms with Crippen LogP contribution in [0.5, 0.6) is 0 Å². The van der Waals surface area contributed by atoms with Crippen molar-refractivity contribution in [3.8, 4) is 44.9 Å². The third kappa shape index (κ3) is 4.49. The summed E-state index contributed by atoms with van der Waals surface area (Å²) >= 11 is 0. The van der Waals surface area contributed by atoms with Gasteiger partial charge < -0.3 is 0 Å². The van der Waals surface area contributed by atoms with E-state index in [0.29, 0.717) is 0 Å². The number of hydrogen-bond acceptors (Lipinski definition) is 2. The van der Waals surface area contributed by atoms with Crippen molar-refractivity contribution in [3.63, 3.8) is 0 Å². The van der Waals surface area contributed by atoms with Gasteiger partial charge in [-0.15, -0.1) is 0 Å². The van der Waals surface area contributed by atoms with Gasteiger partial charge in [-0.2, -0.15) is 0 Å². The molecule has 1 aliphatic heterocycles. The Labute approximate surface area is 238 Å². The predicted octanol–water partition coefficient (Wildman–Crippen LogP) is 9.13. The highest BCUT2D eigenvalue weighted by Gasteiger charge is 2.41. The Kier molecular flexibility index (Phi) is 6.75. The Morgan fingerprint density at radius 1 is 0.575 bits per heavy atom. The summed E-state index contributed by atoms with van der Waals surface area (Å²) in [4.78, 5) is 10.5. The molecular formula is C37H32N2Si. The summed E-state index contributed by atoms with van der Waals surface area (Å²) in [5.41, 5.74) is 10.2. The first-order chi connectivity index (χ1) is 19.5. The molecule has 0 amide bonds. The number of aromatic nitrogens is 2. The van der Waals surface area contributed by atoms with Crippen LogP contribution < -0.4 is 5.19 Å². The second kappa shape index (κ2) is 10.5. The van der Waals surface area contributed by atoms with E-state index in [4.69, 9.17) is 9.97 Å². The van der Waals surface area contributed by atoms with E-state index >= 15 is 0 Å². The zero-order valence-electron chi connectivity index (χ0n) is 23.2. The number of rotatable bonds is 6. The number of fused-ring (bicyclic) bond motifs is 1. The Hall–Kier alpha value is -4.60. The summed E-state index contributed by atoms with van der Waals surface area (Å²) in [6, 6.07) is 38.4. The highest BCUT2D eigenvalue weighted by molar-refractivity contribution is 6.99. The van der Waals surface area contributed by atoms with Crippen molar-refractivity contribution in [1.29, 1.82) is 0 Å². The van der Waals surface area contributed by atoms with Gasteiger partial charge in [0.25, 0.3) is 0 Å². The van der Waals surface area contributed by atoms with E-state index < -0.39 is 8.07 Å². The fourth-order valence-electron chi connectivity index (χ4n) is 5.78. The molecule has 1 aromatic heterocycles. The maximum atomic E-state index is 5.29. The summed E-state index contributed by atoms with van der Waals surface area (Å²) in [5, 5.41) is 2.60. The molecule has 6 rings (SSSR count). The van der Waals surface area contributed by atoms with E-state index in [-0.39, 0.29) is 0 Å². The zero-order valence-corrected chi connectivity index (χ0v) is 24.2. The van der Waals surface area contributed by atoms with Crippen LogP contribution in [0.4, 0.5) is 0 Å². The minimum absolute atomic E-state index is 0.748. The van der Waals surface area contributed by atoms with Gasteiger partial charge in [-0.25, -0.2) is 9.97 Å². The highest BCUT2D eigenvalue weighted by atomic mass is 28.3. The lowest BCUT2D eigenvalue weighted by Crippen LogP contribution is -2.43. The largest absolute Gasteiger partial charge is 0.228 e. The molecule has 40 heavy (non-hydrogen) atoms. The first-order valence-electron chi connectivity index (χ1n) is 13.8. The van der Waals surface area contributed by atoms with Crippen LogP contribution in [0, 0.1) is 0 Å². The number of nitrogens with zero attached hydrogens (tertiary/aromatic N) is 2. The second-order valence-corrected chi connectivity index (χ2v) is 15.0. The summed E-state index contributed by atoms with van der Waals surface area (Å²) in [6.45, 7) is 11.1. The Morgan fingerprint density at radius 3 is 1.52 bits per heavy atom. The van der Waals surface area contributed by atoms with Crippen LogP contribution in [0.1, 0.15) is 12.6 Å². The molecule has 1 aliphatic rings. The SMILES string of the molecule is C=CC1=C(/C=C\C)c2nc(-c3ccc(-c4ccccc4)cc3)nc(-c3ccc(-c4ccccc4)cc3)c2[Si]1(C)C. The van der Waals surface area contributed by atoms with Crippen molar-refractivity contribution in [2.24, 2.45) is 0 Å². The molecule has 0 atom stereocenters. The topological polar surface area (TPSA) is 25.8 Å². The summed E-state index contributed by atoms with van der Waals surface area (Å²) < 4.78 is 0. The zero-order chi connectivity index (χ0) is 27.7. The number of hydrogen-bond donors (Lipinski definition) is 0. The van der Waals surface area contributed by atoms with Gasteiger partial charge in [0.2, 0.25) is 0 Å². The first-order valence-corrected chi connectivity index (χ1v) is 16.8. The lowest BCUT2D eigenvalue weighted by atomic mass is 10.0. The van der Waals surface area contributed by atoms with Crippen molar-refractivity contribution >= 4 is 18.8 Å². The summed E-state index contributed by atoms with van der Waals surface area (Å²) in [6.07, 6.45) is 6.33. The Balaban J connectivity index is 1.52. The van der Waals surface area contributed by atoms with Crippen molar-refractivity contribution < 1.29 is 0 Å². The van der Waals surface area contributed by atoms with Crippen molar-refractivity contribution in [2.45, 2.75) is 20.0 Å². The Bertz CT molecular complexity index is 1750. The van der Waals surface area contributed by atoms with Gasteiger partial charge >= 0.3 is 0 Å². The van der Waals surface area contributed by atoms with Gasteiger partial charge in [-0.3, -0.25) is 0 Å². The fourth-order valence-corrected chi connectivity index (χ4v) is 9.01. The third-order valence-corrected chi connectivity index (χ3v) is 11.3. The van der Waals surface area contributed by atoms with Crippen LogP contribution in [0.15, 0.2) is 139 Å². The van der Waals surface area contributed by atoms with Gasteiger partial charge in [0.1, 0.15) is 8.07 Å². The minimum atomic E-state index is -2.09. The smallest absolute Gasteiger partial charge is 0.160 e. The molecule has 0 unspecified atom stereocenters. The van der Waals surface area contributed by atoms with E-state index in [1.165, 1.54) is 38.2 Å². The third-order valence-electron chi connectivity index (χ3n) is 7.81. The van der Waals surface area contributed by atoms with E-state index in [2.05, 4.69) is 142 Å². The number of allylic oxidation sites excluding steroid dienone is 5. The van der Waals surface area contributed by atoms with Crippen molar-refractivity contribution in [3.05, 3.63) is 145 Å². The van der Waals surface area contributed by atoms with Gasteiger partial charge in [0, 0.05) is 11.1 Å². The van der Waals surface area contributed by atoms with Gasteiger partial charge in [0.05, 0.1) is 11.4 Å². The molecule has 0 spiro atoms. The lowest BCUT2D eigenvalue weighted by Gasteiger charge is -2.23. The van der Waals surface area contributed by atoms with Crippen LogP contribution in [0.25, 0.3) is 50.5 Å². The number of benzene rings is 4. The molecule has 0 radical (unpaired) electrons. The molecule has 0 fully saturated rings. The van der Waals surface area contributed by atoms with Crippen LogP contribution in [0.3, 0.4) is 0 Å². The molecule has 5 aromatic rings. The second-order valence-electron chi connectivity index (χ2n) is 10.7. The summed E-state index contributed by atoms with van der Waals surface area (Å²) in [7, 11) is -2.09. The maximum Gasteiger partial charge on any atom is 0.160 e. The van der Waals surface area contributed by atoms with Crippen molar-refractivity contribution in [2.75, 3.05) is 0 Å². The molecular weight excluding hydrogens is 501 g/mol. The first kappa shape index (κ1) is 25.7. The Morgan fingerprint density at radius 2 is 1.02 bits per heavy atom. The molecule has 194 valence electrons. The molecule has 0 saturated carbocycles. The van der Waals surface area contributed by atoms with E-state index in [0.717, 1.165) is 28.3 Å². The molecule has 4 aromatic carbocycles. The normalized spacial score (nSPS) is 14.0. The van der Waals surface area contributed by atoms with E-state index in [1.807, 2.05) is 12.1 Å². The molecule has 2 nitrogen and oxygen atoms in total. The molecule has 3 heteroatoms. The lowest BCUT2D eigenvalue weighted by molar-refractivity contribution is 1.17. The fraction of sp³-hybridized carbons (Fsp3) is 0.0811. The average molecular weight is 533 g/mol. The molecule has 0 N–H and O–H groups in total. The van der Waals surface area contributed by atoms with Crippen LogP contribution in [-0.4, -0.2) is 18.0 Å². The molecule has 0 saturated heterocycles. The summed E-state index contributed by atoms with van der Waals surface area (Å²) in [5.74, 6) is 0.748. The van der Waals surface area contributed by atoms with Crippen LogP contribution >= 0.6 is 0 Å². The standard InChI is InChI=1S/C37H32N2Si/c1-5-13-32-33(6-2)40(3,4)36-34(30-22-18-28(19-23-30)26-14-9-7-10-15-26)38-37(39-35(32)36)31-24-20-29(21-25-31)27-16-11-8-12-17-27/h5-25H,2H2,1,3-4H3/b13-5-. The van der Waals surface area contributed by atoms with E-state index in [9.17, 15) is 0 Å². The van der Waals surface area contributed by atoms with Crippen LogP contribution in [0.2, 0.25) is 13.1 Å².